The van der Waals surface area contributed by atoms with E-state index in [4.69, 9.17) is 0 Å². The molecule has 2 amide bonds. The average molecular weight is 288 g/mol. The molecule has 0 saturated heterocycles. The third kappa shape index (κ3) is 3.42. The number of carboxylic acids is 1. The second kappa shape index (κ2) is 6.43. The molecular weight excluding hydrogens is 268 g/mol. The molecule has 0 saturated carbocycles. The third-order valence-electron chi connectivity index (χ3n) is 3.67. The number of hydrogen-bond acceptors (Lipinski definition) is 2. The van der Waals surface area contributed by atoms with Crippen molar-refractivity contribution in [2.24, 2.45) is 0 Å². The molecule has 0 fully saturated rings. The fourth-order valence-corrected chi connectivity index (χ4v) is 2.59. The van der Waals surface area contributed by atoms with Gasteiger partial charge in [0.1, 0.15) is 0 Å². The van der Waals surface area contributed by atoms with E-state index in [0.29, 0.717) is 25.1 Å². The van der Waals surface area contributed by atoms with E-state index in [1.807, 2.05) is 13.0 Å². The van der Waals surface area contributed by atoms with E-state index < -0.39 is 5.97 Å². The van der Waals surface area contributed by atoms with Crippen LogP contribution in [-0.2, 0) is 13.0 Å². The highest BCUT2D eigenvalue weighted by molar-refractivity contribution is 5.90. The molecule has 0 radical (unpaired) electrons. The number of carboxylic acid groups (broad SMARTS) is 1. The van der Waals surface area contributed by atoms with E-state index in [-0.39, 0.29) is 12.1 Å². The first kappa shape index (κ1) is 15.1. The molecule has 0 spiro atoms. The van der Waals surface area contributed by atoms with Gasteiger partial charge in [0, 0.05) is 19.1 Å². The molecule has 5 nitrogen and oxygen atoms in total. The molecule has 5 heteroatoms. The Hall–Kier alpha value is -2.30. The van der Waals surface area contributed by atoms with Gasteiger partial charge < -0.3 is 15.3 Å². The number of urea groups is 1. The minimum atomic E-state index is -0.913. The van der Waals surface area contributed by atoms with Crippen molar-refractivity contribution < 1.29 is 14.7 Å². The Bertz CT molecular complexity index is 569. The van der Waals surface area contributed by atoms with Gasteiger partial charge in [-0.25, -0.2) is 9.59 Å². The molecule has 1 atom stereocenters. The number of rotatable bonds is 4. The van der Waals surface area contributed by atoms with Gasteiger partial charge in [0.15, 0.2) is 0 Å². The highest BCUT2D eigenvalue weighted by Gasteiger charge is 2.24. The number of benzene rings is 1. The zero-order valence-electron chi connectivity index (χ0n) is 12.1. The number of aromatic carboxylic acids is 1. The fraction of sp³-hybridized carbons (Fsp3) is 0.375. The number of carbonyl (C=O) groups excluding carboxylic acids is 1. The van der Waals surface area contributed by atoms with Crippen molar-refractivity contribution >= 4 is 12.0 Å². The zero-order valence-corrected chi connectivity index (χ0v) is 12.1. The van der Waals surface area contributed by atoms with Crippen molar-refractivity contribution in [1.29, 1.82) is 0 Å². The van der Waals surface area contributed by atoms with Crippen LogP contribution >= 0.6 is 0 Å². The standard InChI is InChI=1S/C16H20N2O3/c1-3-5-11(2)17-16(21)18-9-8-13-12(10-18)6-4-7-14(13)15(19)20/h3-4,6-7,11H,1,5,8-10H2,2H3,(H,17,21)(H,19,20). The van der Waals surface area contributed by atoms with Gasteiger partial charge in [-0.1, -0.05) is 18.2 Å². The van der Waals surface area contributed by atoms with Crippen LogP contribution in [0.3, 0.4) is 0 Å². The molecule has 0 aliphatic carbocycles. The maximum absolute atomic E-state index is 12.2. The summed E-state index contributed by atoms with van der Waals surface area (Å²) in [6.45, 7) is 6.57. The van der Waals surface area contributed by atoms with Crippen molar-refractivity contribution in [2.45, 2.75) is 32.4 Å². The van der Waals surface area contributed by atoms with Gasteiger partial charge in [0.2, 0.25) is 0 Å². The predicted octanol–water partition coefficient (Wildman–Crippen LogP) is 2.42. The Balaban J connectivity index is 2.09. The SMILES string of the molecule is C=CCC(C)NC(=O)N1CCc2c(cccc2C(=O)O)C1. The molecule has 112 valence electrons. The minimum Gasteiger partial charge on any atom is -0.478 e. The largest absolute Gasteiger partial charge is 0.478 e. The van der Waals surface area contributed by atoms with Crippen molar-refractivity contribution in [3.05, 3.63) is 47.5 Å². The molecule has 21 heavy (non-hydrogen) atoms. The van der Waals surface area contributed by atoms with Crippen LogP contribution in [0.4, 0.5) is 4.79 Å². The fourth-order valence-electron chi connectivity index (χ4n) is 2.59. The Morgan fingerprint density at radius 2 is 2.29 bits per heavy atom. The second-order valence-electron chi connectivity index (χ2n) is 5.29. The maximum Gasteiger partial charge on any atom is 0.335 e. The number of nitrogens with one attached hydrogen (secondary N) is 1. The first-order valence-corrected chi connectivity index (χ1v) is 7.03. The van der Waals surface area contributed by atoms with Crippen LogP contribution in [0.2, 0.25) is 0 Å². The summed E-state index contributed by atoms with van der Waals surface area (Å²) < 4.78 is 0. The summed E-state index contributed by atoms with van der Waals surface area (Å²) in [6, 6.07) is 5.15. The zero-order chi connectivity index (χ0) is 15.4. The molecule has 1 aliphatic heterocycles. The van der Waals surface area contributed by atoms with Crippen molar-refractivity contribution in [3.63, 3.8) is 0 Å². The van der Waals surface area contributed by atoms with Crippen LogP contribution in [-0.4, -0.2) is 34.6 Å². The topological polar surface area (TPSA) is 69.6 Å². The number of hydrogen-bond donors (Lipinski definition) is 2. The molecule has 0 aromatic heterocycles. The lowest BCUT2D eigenvalue weighted by atomic mass is 9.94. The monoisotopic (exact) mass is 288 g/mol. The lowest BCUT2D eigenvalue weighted by molar-refractivity contribution is 0.0695. The van der Waals surface area contributed by atoms with E-state index >= 15 is 0 Å². The highest BCUT2D eigenvalue weighted by Crippen LogP contribution is 2.22. The molecule has 1 aromatic carbocycles. The molecule has 1 unspecified atom stereocenters. The maximum atomic E-state index is 12.2. The number of amides is 2. The summed E-state index contributed by atoms with van der Waals surface area (Å²) >= 11 is 0. The van der Waals surface area contributed by atoms with Crippen molar-refractivity contribution in [1.82, 2.24) is 10.2 Å². The van der Waals surface area contributed by atoms with Crippen LogP contribution in [0.1, 0.15) is 34.8 Å². The Kier molecular flexibility index (Phi) is 4.62. The molecule has 1 heterocycles. The number of carbonyl (C=O) groups is 2. The summed E-state index contributed by atoms with van der Waals surface area (Å²) in [5.74, 6) is -0.913. The van der Waals surface area contributed by atoms with Gasteiger partial charge in [0.25, 0.3) is 0 Å². The predicted molar refractivity (Wildman–Crippen MR) is 80.3 cm³/mol. The average Bonchev–Trinajstić information content (AvgIpc) is 2.46. The summed E-state index contributed by atoms with van der Waals surface area (Å²) in [7, 11) is 0. The van der Waals surface area contributed by atoms with Crippen LogP contribution in [0, 0.1) is 0 Å². The first-order valence-electron chi connectivity index (χ1n) is 7.03. The van der Waals surface area contributed by atoms with E-state index in [2.05, 4.69) is 11.9 Å². The van der Waals surface area contributed by atoms with Crippen LogP contribution in [0.15, 0.2) is 30.9 Å². The summed E-state index contributed by atoms with van der Waals surface area (Å²) in [4.78, 5) is 25.1. The lowest BCUT2D eigenvalue weighted by Crippen LogP contribution is -2.46. The smallest absolute Gasteiger partial charge is 0.335 e. The Morgan fingerprint density at radius 3 is 2.95 bits per heavy atom. The lowest BCUT2D eigenvalue weighted by Gasteiger charge is -2.30. The highest BCUT2D eigenvalue weighted by atomic mass is 16.4. The number of fused-ring (bicyclic) bond motifs is 1. The van der Waals surface area contributed by atoms with Crippen LogP contribution in [0.25, 0.3) is 0 Å². The van der Waals surface area contributed by atoms with E-state index in [1.165, 1.54) is 0 Å². The molecular formula is C16H20N2O3. The van der Waals surface area contributed by atoms with Gasteiger partial charge >= 0.3 is 12.0 Å². The third-order valence-corrected chi connectivity index (χ3v) is 3.67. The van der Waals surface area contributed by atoms with Gasteiger partial charge in [-0.3, -0.25) is 0 Å². The molecule has 1 aromatic rings. The molecule has 2 rings (SSSR count). The van der Waals surface area contributed by atoms with E-state index in [0.717, 1.165) is 17.5 Å². The Labute approximate surface area is 124 Å². The summed E-state index contributed by atoms with van der Waals surface area (Å²) in [5, 5.41) is 12.1. The summed E-state index contributed by atoms with van der Waals surface area (Å²) in [6.07, 6.45) is 3.07. The minimum absolute atomic E-state index is 0.0433. The molecule has 0 bridgehead atoms. The van der Waals surface area contributed by atoms with Crippen LogP contribution < -0.4 is 5.32 Å². The second-order valence-corrected chi connectivity index (χ2v) is 5.29. The Morgan fingerprint density at radius 1 is 1.52 bits per heavy atom. The van der Waals surface area contributed by atoms with Gasteiger partial charge in [-0.15, -0.1) is 6.58 Å². The van der Waals surface area contributed by atoms with Crippen molar-refractivity contribution in [2.75, 3.05) is 6.54 Å². The van der Waals surface area contributed by atoms with Gasteiger partial charge in [0.05, 0.1) is 5.56 Å². The van der Waals surface area contributed by atoms with E-state index in [1.54, 1.807) is 23.1 Å². The van der Waals surface area contributed by atoms with Crippen molar-refractivity contribution in [3.8, 4) is 0 Å². The summed E-state index contributed by atoms with van der Waals surface area (Å²) in [5.41, 5.74) is 2.09. The molecule has 2 N–H and O–H groups in total. The number of nitrogens with zero attached hydrogens (tertiary/aromatic N) is 1. The van der Waals surface area contributed by atoms with Gasteiger partial charge in [-0.2, -0.15) is 0 Å². The normalized spacial score (nSPS) is 15.0. The first-order chi connectivity index (χ1) is 10.0. The quantitative estimate of drug-likeness (QED) is 0.836. The molecule has 1 aliphatic rings. The van der Waals surface area contributed by atoms with E-state index in [9.17, 15) is 14.7 Å². The van der Waals surface area contributed by atoms with Gasteiger partial charge in [-0.05, 0) is 37.0 Å². The van der Waals surface area contributed by atoms with Crippen LogP contribution in [0.5, 0.6) is 0 Å².